The van der Waals surface area contributed by atoms with Gasteiger partial charge in [0, 0.05) is 38.8 Å². The number of pyridine rings is 1. The SMILES string of the molecule is CN1C(=O)C[C@@H](NC(=O)c2cnn(C)c2C2CC2)[C@@H]1c1cccnc1. The standard InChI is InChI=1S/C18H21N5O2/c1-22-15(24)8-14(17(22)12-4-3-7-19-9-12)21-18(25)13-10-20-23(2)16(13)11-5-6-11/h3-4,7,9-11,14,17H,5-6,8H2,1-2H3,(H,21,25)/t14-,17+/m1/s1. The van der Waals surface area contributed by atoms with Crippen molar-refractivity contribution in [3.8, 4) is 0 Å². The van der Waals surface area contributed by atoms with Crippen molar-refractivity contribution in [2.75, 3.05) is 7.05 Å². The molecule has 1 saturated heterocycles. The van der Waals surface area contributed by atoms with Crippen LogP contribution in [0.15, 0.2) is 30.7 Å². The number of hydrogen-bond acceptors (Lipinski definition) is 4. The first-order valence-electron chi connectivity index (χ1n) is 8.54. The predicted molar refractivity (Wildman–Crippen MR) is 90.8 cm³/mol. The molecule has 2 atom stereocenters. The molecule has 7 nitrogen and oxygen atoms in total. The Morgan fingerprint density at radius 1 is 1.28 bits per heavy atom. The molecule has 3 heterocycles. The summed E-state index contributed by atoms with van der Waals surface area (Å²) in [6.45, 7) is 0. The molecule has 1 aliphatic carbocycles. The molecule has 0 spiro atoms. The molecule has 0 bridgehead atoms. The summed E-state index contributed by atoms with van der Waals surface area (Å²) < 4.78 is 1.79. The largest absolute Gasteiger partial charge is 0.346 e. The lowest BCUT2D eigenvalue weighted by atomic mass is 10.0. The van der Waals surface area contributed by atoms with Crippen LogP contribution in [0.25, 0.3) is 0 Å². The number of carbonyl (C=O) groups is 2. The molecule has 2 aliphatic rings. The van der Waals surface area contributed by atoms with Gasteiger partial charge in [-0.05, 0) is 24.5 Å². The summed E-state index contributed by atoms with van der Waals surface area (Å²) in [6, 6.07) is 3.30. The molecule has 130 valence electrons. The fourth-order valence-corrected chi connectivity index (χ4v) is 3.71. The fourth-order valence-electron chi connectivity index (χ4n) is 3.71. The van der Waals surface area contributed by atoms with Gasteiger partial charge >= 0.3 is 0 Å². The van der Waals surface area contributed by atoms with Crippen LogP contribution < -0.4 is 5.32 Å². The second-order valence-corrected chi connectivity index (χ2v) is 6.86. The van der Waals surface area contributed by atoms with Crippen LogP contribution in [0.5, 0.6) is 0 Å². The van der Waals surface area contributed by atoms with Crippen molar-refractivity contribution in [3.63, 3.8) is 0 Å². The molecule has 2 amide bonds. The van der Waals surface area contributed by atoms with Gasteiger partial charge in [0.2, 0.25) is 5.91 Å². The van der Waals surface area contributed by atoms with Gasteiger partial charge < -0.3 is 10.2 Å². The van der Waals surface area contributed by atoms with Crippen molar-refractivity contribution in [3.05, 3.63) is 47.5 Å². The highest BCUT2D eigenvalue weighted by atomic mass is 16.2. The number of amides is 2. The molecule has 4 rings (SSSR count). The van der Waals surface area contributed by atoms with Crippen molar-refractivity contribution < 1.29 is 9.59 Å². The van der Waals surface area contributed by atoms with Gasteiger partial charge in [0.1, 0.15) is 0 Å². The Morgan fingerprint density at radius 2 is 2.08 bits per heavy atom. The Morgan fingerprint density at radius 3 is 2.76 bits per heavy atom. The number of rotatable bonds is 4. The molecular weight excluding hydrogens is 318 g/mol. The minimum absolute atomic E-state index is 0.0211. The molecule has 0 radical (unpaired) electrons. The lowest BCUT2D eigenvalue weighted by molar-refractivity contribution is -0.127. The van der Waals surface area contributed by atoms with Crippen LogP contribution in [0.4, 0.5) is 0 Å². The number of nitrogens with one attached hydrogen (secondary N) is 1. The number of nitrogens with zero attached hydrogens (tertiary/aromatic N) is 4. The third-order valence-electron chi connectivity index (χ3n) is 5.12. The predicted octanol–water partition coefficient (Wildman–Crippen LogP) is 1.39. The summed E-state index contributed by atoms with van der Waals surface area (Å²) in [5, 5.41) is 7.31. The molecule has 2 fully saturated rings. The zero-order chi connectivity index (χ0) is 17.6. The summed E-state index contributed by atoms with van der Waals surface area (Å²) in [4.78, 5) is 30.9. The lowest BCUT2D eigenvalue weighted by Gasteiger charge is -2.25. The van der Waals surface area contributed by atoms with Crippen molar-refractivity contribution in [1.29, 1.82) is 0 Å². The van der Waals surface area contributed by atoms with E-state index in [1.54, 1.807) is 35.2 Å². The Bertz CT molecular complexity index is 812. The first-order chi connectivity index (χ1) is 12.1. The fraction of sp³-hybridized carbons (Fsp3) is 0.444. The minimum Gasteiger partial charge on any atom is -0.346 e. The number of hydrogen-bond donors (Lipinski definition) is 1. The van der Waals surface area contributed by atoms with Gasteiger partial charge in [0.05, 0.1) is 29.5 Å². The first-order valence-corrected chi connectivity index (χ1v) is 8.54. The van der Waals surface area contributed by atoms with E-state index in [2.05, 4.69) is 15.4 Å². The molecule has 1 aliphatic heterocycles. The van der Waals surface area contributed by atoms with E-state index >= 15 is 0 Å². The number of likely N-dealkylation sites (tertiary alicyclic amines) is 1. The normalized spacial score (nSPS) is 23.1. The molecular formula is C18H21N5O2. The lowest BCUT2D eigenvalue weighted by Crippen LogP contribution is -2.39. The van der Waals surface area contributed by atoms with Crippen LogP contribution in [0.3, 0.4) is 0 Å². The molecule has 1 saturated carbocycles. The molecule has 2 aromatic heterocycles. The molecule has 0 unspecified atom stereocenters. The van der Waals surface area contributed by atoms with Crippen LogP contribution in [-0.4, -0.2) is 44.6 Å². The van der Waals surface area contributed by atoms with Crippen LogP contribution in [0.1, 0.15) is 52.8 Å². The van der Waals surface area contributed by atoms with Crippen molar-refractivity contribution in [2.45, 2.75) is 37.3 Å². The number of carbonyl (C=O) groups excluding carboxylic acids is 2. The third-order valence-corrected chi connectivity index (χ3v) is 5.12. The Hall–Kier alpha value is -2.70. The summed E-state index contributed by atoms with van der Waals surface area (Å²) in [5.74, 6) is 0.292. The molecule has 7 heteroatoms. The summed E-state index contributed by atoms with van der Waals surface area (Å²) in [7, 11) is 3.64. The minimum atomic E-state index is -0.276. The van der Waals surface area contributed by atoms with Gasteiger partial charge in [-0.1, -0.05) is 6.07 Å². The van der Waals surface area contributed by atoms with E-state index in [4.69, 9.17) is 0 Å². The van der Waals surface area contributed by atoms with Gasteiger partial charge in [0.15, 0.2) is 0 Å². The summed E-state index contributed by atoms with van der Waals surface area (Å²) in [6.07, 6.45) is 7.57. The monoisotopic (exact) mass is 339 g/mol. The Labute approximate surface area is 146 Å². The van der Waals surface area contributed by atoms with Crippen molar-refractivity contribution in [1.82, 2.24) is 25.0 Å². The average Bonchev–Trinajstić information content (AvgIpc) is 3.31. The first kappa shape index (κ1) is 15.8. The number of aromatic nitrogens is 3. The van der Waals surface area contributed by atoms with E-state index < -0.39 is 0 Å². The van der Waals surface area contributed by atoms with Crippen LogP contribution in [0.2, 0.25) is 0 Å². The van der Waals surface area contributed by atoms with Crippen molar-refractivity contribution in [2.24, 2.45) is 7.05 Å². The molecule has 2 aromatic rings. The topological polar surface area (TPSA) is 80.1 Å². The van der Waals surface area contributed by atoms with Gasteiger partial charge in [-0.2, -0.15) is 5.10 Å². The van der Waals surface area contributed by atoms with E-state index in [1.807, 2.05) is 19.2 Å². The number of aryl methyl sites for hydroxylation is 1. The highest BCUT2D eigenvalue weighted by molar-refractivity contribution is 5.96. The maximum Gasteiger partial charge on any atom is 0.255 e. The van der Waals surface area contributed by atoms with E-state index in [9.17, 15) is 9.59 Å². The van der Waals surface area contributed by atoms with Gasteiger partial charge in [-0.3, -0.25) is 19.3 Å². The Balaban J connectivity index is 1.59. The van der Waals surface area contributed by atoms with E-state index in [0.717, 1.165) is 24.1 Å². The highest BCUT2D eigenvalue weighted by Crippen LogP contribution is 2.41. The maximum absolute atomic E-state index is 12.8. The van der Waals surface area contributed by atoms with Crippen LogP contribution in [-0.2, 0) is 11.8 Å². The molecule has 0 aromatic carbocycles. The zero-order valence-electron chi connectivity index (χ0n) is 14.3. The molecule has 25 heavy (non-hydrogen) atoms. The third kappa shape index (κ3) is 2.79. The maximum atomic E-state index is 12.8. The van der Waals surface area contributed by atoms with Gasteiger partial charge in [-0.15, -0.1) is 0 Å². The van der Waals surface area contributed by atoms with Gasteiger partial charge in [0.25, 0.3) is 5.91 Å². The van der Waals surface area contributed by atoms with E-state index in [-0.39, 0.29) is 23.9 Å². The second-order valence-electron chi connectivity index (χ2n) is 6.86. The van der Waals surface area contributed by atoms with Gasteiger partial charge in [-0.25, -0.2) is 0 Å². The smallest absolute Gasteiger partial charge is 0.255 e. The summed E-state index contributed by atoms with van der Waals surface area (Å²) >= 11 is 0. The van der Waals surface area contributed by atoms with Crippen molar-refractivity contribution >= 4 is 11.8 Å². The van der Waals surface area contributed by atoms with E-state index in [0.29, 0.717) is 17.9 Å². The van der Waals surface area contributed by atoms with E-state index in [1.165, 1.54) is 0 Å². The average molecular weight is 339 g/mol. The molecule has 1 N–H and O–H groups in total. The van der Waals surface area contributed by atoms with Crippen LogP contribution >= 0.6 is 0 Å². The Kier molecular flexibility index (Phi) is 3.78. The summed E-state index contributed by atoms with van der Waals surface area (Å²) in [5.41, 5.74) is 2.54. The zero-order valence-corrected chi connectivity index (χ0v) is 14.3. The highest BCUT2D eigenvalue weighted by Gasteiger charge is 2.40. The second kappa shape index (κ2) is 5.98. The number of likely N-dealkylation sites (N-methyl/N-ethyl adjacent to an activating group) is 1. The van der Waals surface area contributed by atoms with Crippen LogP contribution in [0, 0.1) is 0 Å². The quantitative estimate of drug-likeness (QED) is 0.913.